The summed E-state index contributed by atoms with van der Waals surface area (Å²) in [5, 5.41) is 2.91. The third kappa shape index (κ3) is 5.12. The summed E-state index contributed by atoms with van der Waals surface area (Å²) in [6, 6.07) is 0. The summed E-state index contributed by atoms with van der Waals surface area (Å²) in [7, 11) is 3.95. The van der Waals surface area contributed by atoms with Crippen molar-refractivity contribution in [2.75, 3.05) is 40.3 Å². The Hall–Kier alpha value is -1.10. The highest BCUT2D eigenvalue weighted by atomic mass is 16.2. The summed E-state index contributed by atoms with van der Waals surface area (Å²) in [6.45, 7) is 7.24. The van der Waals surface area contributed by atoms with E-state index in [0.717, 1.165) is 38.9 Å². The van der Waals surface area contributed by atoms with Crippen molar-refractivity contribution in [3.05, 3.63) is 0 Å². The van der Waals surface area contributed by atoms with E-state index in [2.05, 4.69) is 19.2 Å². The molecular weight excluding hydrogens is 254 g/mol. The van der Waals surface area contributed by atoms with Crippen molar-refractivity contribution in [2.24, 2.45) is 11.8 Å². The van der Waals surface area contributed by atoms with E-state index in [0.29, 0.717) is 6.54 Å². The molecule has 20 heavy (non-hydrogen) atoms. The molecule has 1 fully saturated rings. The van der Waals surface area contributed by atoms with E-state index in [-0.39, 0.29) is 23.7 Å². The minimum atomic E-state index is -0.0964. The van der Waals surface area contributed by atoms with Crippen LogP contribution in [0.25, 0.3) is 0 Å². The third-order valence-electron chi connectivity index (χ3n) is 3.60. The Bertz CT molecular complexity index is 325. The van der Waals surface area contributed by atoms with E-state index in [4.69, 9.17) is 0 Å². The van der Waals surface area contributed by atoms with Gasteiger partial charge in [-0.25, -0.2) is 0 Å². The molecule has 0 aliphatic heterocycles. The number of amides is 2. The van der Waals surface area contributed by atoms with Gasteiger partial charge in [0.15, 0.2) is 0 Å². The van der Waals surface area contributed by atoms with Gasteiger partial charge in [-0.05, 0) is 33.4 Å². The highest BCUT2D eigenvalue weighted by molar-refractivity contribution is 5.92. The van der Waals surface area contributed by atoms with Gasteiger partial charge >= 0.3 is 0 Å². The second-order valence-corrected chi connectivity index (χ2v) is 5.87. The number of nitrogens with zero attached hydrogens (tertiary/aromatic N) is 2. The maximum absolute atomic E-state index is 12.3. The van der Waals surface area contributed by atoms with Gasteiger partial charge in [0.2, 0.25) is 11.8 Å². The molecule has 5 nitrogen and oxygen atoms in total. The van der Waals surface area contributed by atoms with E-state index in [9.17, 15) is 9.59 Å². The predicted molar refractivity (Wildman–Crippen MR) is 80.3 cm³/mol. The van der Waals surface area contributed by atoms with Gasteiger partial charge in [0.1, 0.15) is 0 Å². The number of hydrogen-bond donors (Lipinski definition) is 1. The van der Waals surface area contributed by atoms with Gasteiger partial charge in [-0.15, -0.1) is 0 Å². The van der Waals surface area contributed by atoms with Crippen LogP contribution in [0.3, 0.4) is 0 Å². The van der Waals surface area contributed by atoms with Crippen LogP contribution in [-0.2, 0) is 9.59 Å². The molecule has 0 heterocycles. The summed E-state index contributed by atoms with van der Waals surface area (Å²) < 4.78 is 0. The average molecular weight is 283 g/mol. The van der Waals surface area contributed by atoms with Gasteiger partial charge < -0.3 is 15.1 Å². The number of likely N-dealkylation sites (N-methyl/N-ethyl adjacent to an activating group) is 1. The molecular formula is C15H29N3O2. The van der Waals surface area contributed by atoms with Gasteiger partial charge in [-0.2, -0.15) is 0 Å². The van der Waals surface area contributed by atoms with Crippen molar-refractivity contribution in [2.45, 2.75) is 33.1 Å². The van der Waals surface area contributed by atoms with Crippen LogP contribution < -0.4 is 5.32 Å². The lowest BCUT2D eigenvalue weighted by atomic mass is 10.2. The zero-order chi connectivity index (χ0) is 15.1. The second-order valence-electron chi connectivity index (χ2n) is 5.87. The lowest BCUT2D eigenvalue weighted by Crippen LogP contribution is -2.36. The first-order valence-corrected chi connectivity index (χ1v) is 7.72. The van der Waals surface area contributed by atoms with Crippen LogP contribution in [0.5, 0.6) is 0 Å². The smallest absolute Gasteiger partial charge is 0.226 e. The number of hydrogen-bond acceptors (Lipinski definition) is 3. The Kier molecular flexibility index (Phi) is 6.99. The zero-order valence-corrected chi connectivity index (χ0v) is 13.3. The first-order valence-electron chi connectivity index (χ1n) is 7.72. The molecule has 2 amide bonds. The molecule has 0 aromatic carbocycles. The molecule has 0 radical (unpaired) electrons. The molecule has 1 aliphatic carbocycles. The van der Waals surface area contributed by atoms with Crippen molar-refractivity contribution in [1.82, 2.24) is 15.1 Å². The normalized spacial score (nSPS) is 20.9. The Morgan fingerprint density at radius 2 is 1.65 bits per heavy atom. The van der Waals surface area contributed by atoms with E-state index < -0.39 is 0 Å². The number of carbonyl (C=O) groups is 2. The first kappa shape index (κ1) is 17.0. The largest absolute Gasteiger partial charge is 0.355 e. The number of nitrogens with one attached hydrogen (secondary N) is 1. The molecule has 116 valence electrons. The number of carbonyl (C=O) groups excluding carboxylic acids is 2. The maximum Gasteiger partial charge on any atom is 0.226 e. The van der Waals surface area contributed by atoms with Crippen LogP contribution in [0, 0.1) is 11.8 Å². The quantitative estimate of drug-likeness (QED) is 0.685. The van der Waals surface area contributed by atoms with Crippen LogP contribution in [-0.4, -0.2) is 61.9 Å². The van der Waals surface area contributed by atoms with E-state index in [1.165, 1.54) is 0 Å². The van der Waals surface area contributed by atoms with Gasteiger partial charge in [-0.1, -0.05) is 13.8 Å². The molecule has 1 N–H and O–H groups in total. The molecule has 0 bridgehead atoms. The molecule has 2 unspecified atom stereocenters. The summed E-state index contributed by atoms with van der Waals surface area (Å²) in [5.74, 6) is 0.0351. The fourth-order valence-corrected chi connectivity index (χ4v) is 2.40. The molecule has 0 saturated heterocycles. The van der Waals surface area contributed by atoms with Gasteiger partial charge in [0.05, 0.1) is 11.8 Å². The minimum Gasteiger partial charge on any atom is -0.355 e. The Labute approximate surface area is 122 Å². The first-order chi connectivity index (χ1) is 9.51. The fourth-order valence-electron chi connectivity index (χ4n) is 2.40. The molecule has 0 spiro atoms. The summed E-state index contributed by atoms with van der Waals surface area (Å²) >= 11 is 0. The van der Waals surface area contributed by atoms with Crippen molar-refractivity contribution < 1.29 is 9.59 Å². The van der Waals surface area contributed by atoms with Crippen LogP contribution in [0.2, 0.25) is 0 Å². The minimum absolute atomic E-state index is 0.0400. The van der Waals surface area contributed by atoms with E-state index in [1.54, 1.807) is 0 Å². The van der Waals surface area contributed by atoms with Gasteiger partial charge in [-0.3, -0.25) is 9.59 Å². The topological polar surface area (TPSA) is 52.7 Å². The fraction of sp³-hybridized carbons (Fsp3) is 0.867. The van der Waals surface area contributed by atoms with E-state index >= 15 is 0 Å². The summed E-state index contributed by atoms with van der Waals surface area (Å²) in [5.41, 5.74) is 0. The highest BCUT2D eigenvalue weighted by Gasteiger charge is 2.49. The van der Waals surface area contributed by atoms with Crippen LogP contribution in [0.4, 0.5) is 0 Å². The van der Waals surface area contributed by atoms with Crippen molar-refractivity contribution >= 4 is 11.8 Å². The third-order valence-corrected chi connectivity index (χ3v) is 3.60. The summed E-state index contributed by atoms with van der Waals surface area (Å²) in [6.07, 6.45) is 2.66. The van der Waals surface area contributed by atoms with Gasteiger partial charge in [0.25, 0.3) is 0 Å². The van der Waals surface area contributed by atoms with Crippen LogP contribution in [0.1, 0.15) is 33.1 Å². The Morgan fingerprint density at radius 1 is 1.05 bits per heavy atom. The van der Waals surface area contributed by atoms with Crippen LogP contribution >= 0.6 is 0 Å². The lowest BCUT2D eigenvalue weighted by Gasteiger charge is -2.21. The molecule has 5 heteroatoms. The second kappa shape index (κ2) is 8.25. The molecule has 0 aromatic rings. The van der Waals surface area contributed by atoms with E-state index in [1.807, 2.05) is 23.9 Å². The monoisotopic (exact) mass is 283 g/mol. The standard InChI is InChI=1S/C15H29N3O2/c1-5-8-18(9-6-2)15(20)13-11-12(13)14(19)16-7-10-17(3)4/h12-13H,5-11H2,1-4H3,(H,16,19). The zero-order valence-electron chi connectivity index (χ0n) is 13.3. The number of rotatable bonds is 9. The highest BCUT2D eigenvalue weighted by Crippen LogP contribution is 2.40. The molecule has 0 aromatic heterocycles. The summed E-state index contributed by atoms with van der Waals surface area (Å²) in [4.78, 5) is 28.2. The SMILES string of the molecule is CCCN(CCC)C(=O)C1CC1C(=O)NCCN(C)C. The molecule has 1 aliphatic rings. The maximum atomic E-state index is 12.3. The Morgan fingerprint density at radius 3 is 2.15 bits per heavy atom. The van der Waals surface area contributed by atoms with Crippen molar-refractivity contribution in [3.63, 3.8) is 0 Å². The Balaban J connectivity index is 2.36. The van der Waals surface area contributed by atoms with Gasteiger partial charge in [0, 0.05) is 26.2 Å². The van der Waals surface area contributed by atoms with Crippen molar-refractivity contribution in [1.29, 1.82) is 0 Å². The lowest BCUT2D eigenvalue weighted by molar-refractivity contribution is -0.134. The average Bonchev–Trinajstić information content (AvgIpc) is 3.17. The molecule has 1 saturated carbocycles. The molecule has 1 rings (SSSR count). The predicted octanol–water partition coefficient (Wildman–Crippen LogP) is 0.949. The van der Waals surface area contributed by atoms with Crippen LogP contribution in [0.15, 0.2) is 0 Å². The van der Waals surface area contributed by atoms with Crippen molar-refractivity contribution in [3.8, 4) is 0 Å². The molecule has 2 atom stereocenters.